The molecular weight excluding hydrogens is 689 g/mol. The highest BCUT2D eigenvalue weighted by Crippen LogP contribution is 2.51. The molecule has 11 rings (SSSR count). The minimum Gasteiger partial charge on any atom is -0.309 e. The van der Waals surface area contributed by atoms with E-state index < -0.39 is 0 Å². The molecule has 55 heavy (non-hydrogen) atoms. The van der Waals surface area contributed by atoms with Gasteiger partial charge < -0.3 is 4.57 Å². The van der Waals surface area contributed by atoms with Gasteiger partial charge in [0, 0.05) is 69.5 Å². The van der Waals surface area contributed by atoms with Crippen molar-refractivity contribution in [2.24, 2.45) is 4.99 Å². The van der Waals surface area contributed by atoms with E-state index in [0.717, 1.165) is 33.6 Å². The van der Waals surface area contributed by atoms with Crippen molar-refractivity contribution in [2.75, 3.05) is 0 Å². The molecule has 5 heteroatoms. The topological polar surface area (TPSA) is 43.1 Å². The van der Waals surface area contributed by atoms with Crippen molar-refractivity contribution in [3.05, 3.63) is 163 Å². The summed E-state index contributed by atoms with van der Waals surface area (Å²) in [5.41, 5.74) is 11.9. The highest BCUT2D eigenvalue weighted by Gasteiger charge is 2.35. The maximum atomic E-state index is 5.30. The monoisotopic (exact) mass is 722 g/mol. The lowest BCUT2D eigenvalue weighted by atomic mass is 9.81. The Morgan fingerprint density at radius 1 is 0.655 bits per heavy atom. The zero-order valence-electron chi connectivity index (χ0n) is 30.5. The smallest absolute Gasteiger partial charge is 0.163 e. The second kappa shape index (κ2) is 11.7. The largest absolute Gasteiger partial charge is 0.309 e. The van der Waals surface area contributed by atoms with Crippen molar-refractivity contribution in [1.82, 2.24) is 14.5 Å². The van der Waals surface area contributed by atoms with Gasteiger partial charge in [-0.05, 0) is 59.3 Å². The fourth-order valence-corrected chi connectivity index (χ4v) is 10.4. The fourth-order valence-electron chi connectivity index (χ4n) is 9.14. The first-order valence-corrected chi connectivity index (χ1v) is 19.4. The minimum absolute atomic E-state index is 0.145. The van der Waals surface area contributed by atoms with Crippen LogP contribution in [0, 0.1) is 0 Å². The van der Waals surface area contributed by atoms with E-state index in [1.165, 1.54) is 69.5 Å². The third-order valence-corrected chi connectivity index (χ3v) is 12.8. The van der Waals surface area contributed by atoms with E-state index >= 15 is 0 Å². The summed E-state index contributed by atoms with van der Waals surface area (Å²) in [6.07, 6.45) is 1.80. The normalized spacial score (nSPS) is 13.2. The lowest BCUT2D eigenvalue weighted by molar-refractivity contribution is 0.660. The molecular formula is C50H34N4S. The van der Waals surface area contributed by atoms with Gasteiger partial charge in [-0.2, -0.15) is 0 Å². The lowest BCUT2D eigenvalue weighted by Crippen LogP contribution is -2.15. The van der Waals surface area contributed by atoms with E-state index in [9.17, 15) is 0 Å². The van der Waals surface area contributed by atoms with Crippen LogP contribution in [0.3, 0.4) is 0 Å². The molecule has 0 saturated carbocycles. The van der Waals surface area contributed by atoms with Crippen molar-refractivity contribution in [3.8, 4) is 39.5 Å². The Hall–Kier alpha value is -6.69. The number of aliphatic imine (C=N–C) groups is 1. The summed E-state index contributed by atoms with van der Waals surface area (Å²) in [5, 5.41) is 7.61. The average Bonchev–Trinajstić information content (AvgIpc) is 3.86. The van der Waals surface area contributed by atoms with Crippen LogP contribution in [0.25, 0.3) is 98.3 Å². The summed E-state index contributed by atoms with van der Waals surface area (Å²) in [6, 6.07) is 50.4. The van der Waals surface area contributed by atoms with E-state index in [1.54, 1.807) is 6.08 Å². The van der Waals surface area contributed by atoms with Gasteiger partial charge >= 0.3 is 0 Å². The predicted molar refractivity (Wildman–Crippen MR) is 235 cm³/mol. The molecule has 0 radical (unpaired) electrons. The summed E-state index contributed by atoms with van der Waals surface area (Å²) < 4.78 is 5.05. The first-order chi connectivity index (χ1) is 27.0. The maximum absolute atomic E-state index is 5.30. The van der Waals surface area contributed by atoms with E-state index in [0.29, 0.717) is 11.6 Å². The molecule has 0 spiro atoms. The zero-order chi connectivity index (χ0) is 37.0. The van der Waals surface area contributed by atoms with Gasteiger partial charge in [-0.25, -0.2) is 15.0 Å². The number of benzene rings is 7. The SMILES string of the molecule is C=Cc1c(N=C)nc(-c2cccc(-n3c4ccccc4c4c5c6ccccc6sc5c5ccccc5c43)c2)nc1-c1ccc2c(c1)C(C)(C)c1ccccc1-2. The number of hydrogen-bond acceptors (Lipinski definition) is 4. The van der Waals surface area contributed by atoms with Crippen molar-refractivity contribution in [3.63, 3.8) is 0 Å². The number of thiophene rings is 1. The molecule has 3 aromatic heterocycles. The van der Waals surface area contributed by atoms with Crippen LogP contribution in [0.2, 0.25) is 0 Å². The van der Waals surface area contributed by atoms with Gasteiger partial charge in [0.05, 0.1) is 16.7 Å². The van der Waals surface area contributed by atoms with Crippen LogP contribution in [0.15, 0.2) is 151 Å². The molecule has 0 aliphatic heterocycles. The number of hydrogen-bond donors (Lipinski definition) is 0. The minimum atomic E-state index is -0.145. The molecule has 0 bridgehead atoms. The van der Waals surface area contributed by atoms with Crippen LogP contribution in [0.4, 0.5) is 5.82 Å². The molecule has 1 aliphatic rings. The molecule has 0 amide bonds. The fraction of sp³-hybridized carbons (Fsp3) is 0.0600. The Bertz CT molecular complexity index is 3290. The molecule has 0 fully saturated rings. The molecule has 4 nitrogen and oxygen atoms in total. The first-order valence-electron chi connectivity index (χ1n) is 18.6. The Balaban J connectivity index is 1.15. The molecule has 1 aliphatic carbocycles. The number of aromatic nitrogens is 3. The van der Waals surface area contributed by atoms with Gasteiger partial charge in [-0.3, -0.25) is 0 Å². The van der Waals surface area contributed by atoms with E-state index in [4.69, 9.17) is 9.97 Å². The third-order valence-electron chi connectivity index (χ3n) is 11.6. The average molecular weight is 723 g/mol. The number of fused-ring (bicyclic) bond motifs is 13. The third kappa shape index (κ3) is 4.42. The second-order valence-corrected chi connectivity index (χ2v) is 16.0. The van der Waals surface area contributed by atoms with Crippen molar-refractivity contribution in [2.45, 2.75) is 19.3 Å². The first kappa shape index (κ1) is 31.8. The molecule has 260 valence electrons. The van der Waals surface area contributed by atoms with Gasteiger partial charge in [-0.15, -0.1) is 11.3 Å². The van der Waals surface area contributed by atoms with Gasteiger partial charge in [0.1, 0.15) is 0 Å². The Kier molecular flexibility index (Phi) is 6.74. The maximum Gasteiger partial charge on any atom is 0.163 e. The number of rotatable bonds is 5. The molecule has 10 aromatic rings. The van der Waals surface area contributed by atoms with Crippen LogP contribution in [-0.2, 0) is 5.41 Å². The van der Waals surface area contributed by atoms with Gasteiger partial charge in [0.2, 0.25) is 0 Å². The van der Waals surface area contributed by atoms with Crippen molar-refractivity contribution in [1.29, 1.82) is 0 Å². The molecule has 3 heterocycles. The molecule has 0 N–H and O–H groups in total. The summed E-state index contributed by atoms with van der Waals surface area (Å²) in [6.45, 7) is 12.7. The Labute approximate surface area is 322 Å². The van der Waals surface area contributed by atoms with Crippen LogP contribution < -0.4 is 0 Å². The summed E-state index contributed by atoms with van der Waals surface area (Å²) >= 11 is 1.88. The van der Waals surface area contributed by atoms with E-state index in [-0.39, 0.29) is 5.41 Å². The van der Waals surface area contributed by atoms with Gasteiger partial charge in [-0.1, -0.05) is 136 Å². The predicted octanol–water partition coefficient (Wildman–Crippen LogP) is 13.7. The second-order valence-electron chi connectivity index (χ2n) is 14.9. The van der Waals surface area contributed by atoms with Crippen molar-refractivity contribution < 1.29 is 0 Å². The standard InChI is InChI=1S/C50H34N4S/c1-5-32-45(29-25-26-34-33-17-8-11-22-39(33)50(2,3)40(34)28-29)52-48(53-49(32)51-4)30-15-14-16-31(27-30)54-41-23-12-9-20-37(41)43-44-38-21-10-13-24-42(38)55-47(44)36-19-7-6-18-35(36)46(43)54/h5-28H,1,4H2,2-3H3. The number of nitrogens with zero attached hydrogens (tertiary/aromatic N) is 4. The summed E-state index contributed by atoms with van der Waals surface area (Å²) in [5.74, 6) is 1.10. The highest BCUT2D eigenvalue weighted by molar-refractivity contribution is 7.27. The van der Waals surface area contributed by atoms with E-state index in [1.807, 2.05) is 11.3 Å². The Morgan fingerprint density at radius 3 is 2.22 bits per heavy atom. The lowest BCUT2D eigenvalue weighted by Gasteiger charge is -2.22. The van der Waals surface area contributed by atoms with Crippen LogP contribution in [-0.4, -0.2) is 21.3 Å². The Morgan fingerprint density at radius 2 is 1.38 bits per heavy atom. The van der Waals surface area contributed by atoms with Gasteiger partial charge in [0.15, 0.2) is 11.6 Å². The molecule has 0 atom stereocenters. The van der Waals surface area contributed by atoms with E-state index in [2.05, 4.69) is 176 Å². The highest BCUT2D eigenvalue weighted by atomic mass is 32.1. The van der Waals surface area contributed by atoms with Crippen LogP contribution >= 0.6 is 11.3 Å². The summed E-state index contributed by atoms with van der Waals surface area (Å²) in [7, 11) is 0. The summed E-state index contributed by atoms with van der Waals surface area (Å²) in [4.78, 5) is 14.7. The zero-order valence-corrected chi connectivity index (χ0v) is 31.3. The van der Waals surface area contributed by atoms with Crippen LogP contribution in [0.1, 0.15) is 30.5 Å². The van der Waals surface area contributed by atoms with Crippen LogP contribution in [0.5, 0.6) is 0 Å². The quantitative estimate of drug-likeness (QED) is 0.166. The van der Waals surface area contributed by atoms with Crippen molar-refractivity contribution >= 4 is 82.7 Å². The molecule has 7 aromatic carbocycles. The molecule has 0 unspecified atom stereocenters. The van der Waals surface area contributed by atoms with Gasteiger partial charge in [0.25, 0.3) is 0 Å². The number of para-hydroxylation sites is 1. The molecule has 0 saturated heterocycles.